The van der Waals surface area contributed by atoms with Gasteiger partial charge in [0.2, 0.25) is 0 Å². The van der Waals surface area contributed by atoms with Crippen molar-refractivity contribution in [3.05, 3.63) is 55.2 Å². The molecule has 3 aromatic rings. The Morgan fingerprint density at radius 2 is 2.23 bits per heavy atom. The lowest BCUT2D eigenvalue weighted by molar-refractivity contribution is -0.0953. The van der Waals surface area contributed by atoms with Gasteiger partial charge in [-0.05, 0) is 37.5 Å². The fourth-order valence-electron chi connectivity index (χ4n) is 4.53. The molecule has 4 heterocycles. The minimum absolute atomic E-state index is 0.0354. The summed E-state index contributed by atoms with van der Waals surface area (Å²) in [6, 6.07) is 8.22. The van der Waals surface area contributed by atoms with Crippen molar-refractivity contribution in [2.24, 2.45) is 0 Å². The highest BCUT2D eigenvalue weighted by Crippen LogP contribution is 2.50. The van der Waals surface area contributed by atoms with E-state index in [1.165, 1.54) is 10.4 Å². The molecule has 1 aromatic carbocycles. The zero-order valence-electron chi connectivity index (χ0n) is 14.3. The maximum Gasteiger partial charge on any atom is 0.417 e. The van der Waals surface area contributed by atoms with E-state index in [0.29, 0.717) is 12.2 Å². The normalized spacial score (nSPS) is 28.5. The third-order valence-corrected chi connectivity index (χ3v) is 6.94. The van der Waals surface area contributed by atoms with Gasteiger partial charge in [0.1, 0.15) is 5.60 Å². The molecule has 2 aromatic heterocycles. The minimum atomic E-state index is -0.424. The molecule has 0 aliphatic carbocycles. The van der Waals surface area contributed by atoms with Crippen molar-refractivity contribution < 1.29 is 9.15 Å². The van der Waals surface area contributed by atoms with E-state index in [1.54, 1.807) is 11.3 Å². The summed E-state index contributed by atoms with van der Waals surface area (Å²) >= 11 is 7.95. The van der Waals surface area contributed by atoms with E-state index in [0.717, 1.165) is 34.7 Å². The van der Waals surface area contributed by atoms with Crippen LogP contribution in [0.3, 0.4) is 0 Å². The van der Waals surface area contributed by atoms with Gasteiger partial charge in [0, 0.05) is 28.9 Å². The second-order valence-corrected chi connectivity index (χ2v) is 8.95. The van der Waals surface area contributed by atoms with Crippen molar-refractivity contribution >= 4 is 34.0 Å². The highest BCUT2D eigenvalue weighted by Gasteiger charge is 2.46. The molecule has 5 rings (SSSR count). The molecule has 136 valence electrons. The number of aromatic nitrogens is 1. The van der Waals surface area contributed by atoms with Crippen LogP contribution in [0.25, 0.3) is 11.1 Å². The maximum absolute atomic E-state index is 11.7. The van der Waals surface area contributed by atoms with Crippen LogP contribution >= 0.6 is 22.9 Å². The van der Waals surface area contributed by atoms with Crippen LogP contribution < -0.4 is 11.1 Å². The number of H-pyrrole nitrogens is 1. The van der Waals surface area contributed by atoms with Gasteiger partial charge in [0.05, 0.1) is 16.5 Å². The van der Waals surface area contributed by atoms with Crippen LogP contribution in [0.2, 0.25) is 4.34 Å². The van der Waals surface area contributed by atoms with E-state index in [4.69, 9.17) is 20.8 Å². The quantitative estimate of drug-likeness (QED) is 0.656. The predicted octanol–water partition coefficient (Wildman–Crippen LogP) is 4.12. The molecule has 0 radical (unpaired) electrons. The van der Waals surface area contributed by atoms with Gasteiger partial charge in [0.15, 0.2) is 5.58 Å². The molecule has 5 nitrogen and oxygen atoms in total. The average molecular weight is 391 g/mol. The number of fused-ring (bicyclic) bond motifs is 3. The Bertz CT molecular complexity index is 1040. The van der Waals surface area contributed by atoms with Crippen LogP contribution in [-0.4, -0.2) is 17.6 Å². The van der Waals surface area contributed by atoms with E-state index < -0.39 is 5.76 Å². The highest BCUT2D eigenvalue weighted by molar-refractivity contribution is 7.16. The lowest BCUT2D eigenvalue weighted by atomic mass is 9.78. The summed E-state index contributed by atoms with van der Waals surface area (Å²) in [7, 11) is 0. The topological polar surface area (TPSA) is 67.3 Å². The summed E-state index contributed by atoms with van der Waals surface area (Å²) < 4.78 is 12.6. The molecule has 2 aliphatic heterocycles. The largest absolute Gasteiger partial charge is 0.417 e. The molecule has 2 N–H and O–H groups in total. The molecule has 3 atom stereocenters. The van der Waals surface area contributed by atoms with Gasteiger partial charge in [-0.3, -0.25) is 4.98 Å². The van der Waals surface area contributed by atoms with Crippen LogP contribution in [-0.2, 0) is 16.8 Å². The standard InChI is InChI=1S/C19H19ClN2O3S/c1-10-8-19(17-11(5-6-24-19)7-15(20)26-17)9-14(21-10)12-3-2-4-13-16(12)25-18(23)22-13/h2-4,7,10,14,21H,5-6,8-9H2,1H3,(H,22,23)/t10-,14-,19-/m0/s1. The Kier molecular flexibility index (Phi) is 3.79. The summed E-state index contributed by atoms with van der Waals surface area (Å²) in [5.41, 5.74) is 3.32. The average Bonchev–Trinajstić information content (AvgIpc) is 3.16. The van der Waals surface area contributed by atoms with Crippen LogP contribution in [0.15, 0.2) is 33.5 Å². The Morgan fingerprint density at radius 3 is 3.12 bits per heavy atom. The van der Waals surface area contributed by atoms with Crippen LogP contribution in [0, 0.1) is 0 Å². The number of thiophene rings is 1. The first-order valence-electron chi connectivity index (χ1n) is 8.84. The van der Waals surface area contributed by atoms with Gasteiger partial charge in [-0.1, -0.05) is 23.7 Å². The summed E-state index contributed by atoms with van der Waals surface area (Å²) in [4.78, 5) is 15.7. The number of benzene rings is 1. The number of ether oxygens (including phenoxy) is 1. The molecule has 1 fully saturated rings. The Labute approximate surface area is 159 Å². The number of para-hydroxylation sites is 1. The van der Waals surface area contributed by atoms with Crippen molar-refractivity contribution in [2.45, 2.75) is 43.9 Å². The van der Waals surface area contributed by atoms with Crippen LogP contribution in [0.4, 0.5) is 0 Å². The predicted molar refractivity (Wildman–Crippen MR) is 102 cm³/mol. The molecule has 26 heavy (non-hydrogen) atoms. The lowest BCUT2D eigenvalue weighted by Gasteiger charge is -2.46. The SMILES string of the molecule is C[C@H]1C[C@@]2(C[C@@H](c3cccc4[nH]c(=O)oc34)N1)OCCc1cc(Cl)sc12. The Hall–Kier alpha value is -1.60. The molecule has 1 saturated heterocycles. The minimum Gasteiger partial charge on any atom is -0.408 e. The van der Waals surface area contributed by atoms with Crippen molar-refractivity contribution in [3.8, 4) is 0 Å². The number of halogens is 1. The summed E-state index contributed by atoms with van der Waals surface area (Å²) in [5, 5.41) is 3.66. The number of piperidine rings is 1. The summed E-state index contributed by atoms with van der Waals surface area (Å²) in [6.45, 7) is 2.89. The highest BCUT2D eigenvalue weighted by atomic mass is 35.5. The zero-order chi connectivity index (χ0) is 17.9. The first-order chi connectivity index (χ1) is 12.5. The second-order valence-electron chi connectivity index (χ2n) is 7.26. The maximum atomic E-state index is 11.7. The Morgan fingerprint density at radius 1 is 1.35 bits per heavy atom. The number of rotatable bonds is 1. The van der Waals surface area contributed by atoms with E-state index in [2.05, 4.69) is 23.3 Å². The van der Waals surface area contributed by atoms with E-state index in [1.807, 2.05) is 18.2 Å². The second kappa shape index (κ2) is 5.96. The third-order valence-electron chi connectivity index (χ3n) is 5.45. The molecule has 7 heteroatoms. The van der Waals surface area contributed by atoms with Crippen LogP contribution in [0.5, 0.6) is 0 Å². The zero-order valence-corrected chi connectivity index (χ0v) is 15.9. The van der Waals surface area contributed by atoms with Gasteiger partial charge in [0.25, 0.3) is 0 Å². The monoisotopic (exact) mass is 390 g/mol. The van der Waals surface area contributed by atoms with Crippen LogP contribution in [0.1, 0.15) is 41.8 Å². The fourth-order valence-corrected chi connectivity index (χ4v) is 5.99. The van der Waals surface area contributed by atoms with Crippen molar-refractivity contribution in [3.63, 3.8) is 0 Å². The van der Waals surface area contributed by atoms with Gasteiger partial charge >= 0.3 is 5.76 Å². The van der Waals surface area contributed by atoms with Gasteiger partial charge in [-0.2, -0.15) is 0 Å². The molecule has 0 bridgehead atoms. The molecule has 0 amide bonds. The first kappa shape index (κ1) is 16.6. The number of nitrogens with one attached hydrogen (secondary N) is 2. The molecular formula is C19H19ClN2O3S. The molecule has 0 unspecified atom stereocenters. The Balaban J connectivity index is 1.61. The van der Waals surface area contributed by atoms with Gasteiger partial charge in [-0.15, -0.1) is 11.3 Å². The lowest BCUT2D eigenvalue weighted by Crippen LogP contribution is -2.49. The number of oxazole rings is 1. The van der Waals surface area contributed by atoms with E-state index in [9.17, 15) is 4.79 Å². The van der Waals surface area contributed by atoms with E-state index in [-0.39, 0.29) is 17.7 Å². The number of hydrogen-bond acceptors (Lipinski definition) is 5. The molecule has 0 saturated carbocycles. The van der Waals surface area contributed by atoms with Crippen molar-refractivity contribution in [1.29, 1.82) is 0 Å². The smallest absolute Gasteiger partial charge is 0.408 e. The summed E-state index contributed by atoms with van der Waals surface area (Å²) in [5.74, 6) is -0.424. The van der Waals surface area contributed by atoms with Crippen molar-refractivity contribution in [2.75, 3.05) is 6.61 Å². The molecule has 2 aliphatic rings. The van der Waals surface area contributed by atoms with Gasteiger partial charge < -0.3 is 14.5 Å². The molecular weight excluding hydrogens is 372 g/mol. The third kappa shape index (κ3) is 2.55. The fraction of sp³-hybridized carbons (Fsp3) is 0.421. The molecule has 1 spiro atoms. The first-order valence-corrected chi connectivity index (χ1v) is 10.0. The summed E-state index contributed by atoms with van der Waals surface area (Å²) in [6.07, 6.45) is 2.60. The number of aromatic amines is 1. The van der Waals surface area contributed by atoms with E-state index >= 15 is 0 Å². The van der Waals surface area contributed by atoms with Crippen molar-refractivity contribution in [1.82, 2.24) is 10.3 Å². The number of hydrogen-bond donors (Lipinski definition) is 2. The van der Waals surface area contributed by atoms with Gasteiger partial charge in [-0.25, -0.2) is 4.79 Å².